The molecule has 0 bridgehead atoms. The van der Waals surface area contributed by atoms with E-state index in [1.165, 1.54) is 18.3 Å². The molecule has 2 aliphatic rings. The minimum atomic E-state index is -4.62. The predicted molar refractivity (Wildman–Crippen MR) is 100 cm³/mol. The first-order valence-electron chi connectivity index (χ1n) is 8.98. The van der Waals surface area contributed by atoms with Crippen molar-refractivity contribution >= 4 is 28.4 Å². The van der Waals surface area contributed by atoms with Crippen LogP contribution in [0.1, 0.15) is 28.8 Å². The molecule has 154 valence electrons. The molecular formula is C18H18F3N5O2S. The summed E-state index contributed by atoms with van der Waals surface area (Å²) in [6.07, 6.45) is -0.392. The molecule has 3 unspecified atom stereocenters. The molecule has 1 aliphatic carbocycles. The van der Waals surface area contributed by atoms with Crippen LogP contribution in [0, 0.1) is 11.8 Å². The van der Waals surface area contributed by atoms with Crippen LogP contribution in [0.4, 0.5) is 24.7 Å². The van der Waals surface area contributed by atoms with Crippen LogP contribution in [0.5, 0.6) is 0 Å². The number of rotatable bonds is 4. The molecule has 3 N–H and O–H groups in total. The second kappa shape index (κ2) is 7.38. The lowest BCUT2D eigenvalue weighted by Gasteiger charge is -2.27. The Kier molecular flexibility index (Phi) is 5.03. The monoisotopic (exact) mass is 425 g/mol. The van der Waals surface area contributed by atoms with E-state index in [-0.39, 0.29) is 22.1 Å². The van der Waals surface area contributed by atoms with Gasteiger partial charge in [-0.05, 0) is 42.9 Å². The minimum Gasteiger partial charge on any atom is -0.355 e. The predicted octanol–water partition coefficient (Wildman–Crippen LogP) is 2.58. The number of pyridine rings is 2. The van der Waals surface area contributed by atoms with Crippen molar-refractivity contribution in [3.63, 3.8) is 0 Å². The third-order valence-electron chi connectivity index (χ3n) is 5.42. The van der Waals surface area contributed by atoms with Crippen LogP contribution in [-0.2, 0) is 17.2 Å². The summed E-state index contributed by atoms with van der Waals surface area (Å²) in [6.45, 7) is 1.35. The maximum Gasteiger partial charge on any atom is 0.417 e. The van der Waals surface area contributed by atoms with E-state index in [0.717, 1.165) is 25.1 Å². The molecule has 0 radical (unpaired) electrons. The summed E-state index contributed by atoms with van der Waals surface area (Å²) < 4.78 is 51.0. The Morgan fingerprint density at radius 3 is 2.48 bits per heavy atom. The maximum atomic E-state index is 13.2. The fraction of sp³-hybridized carbons (Fsp3) is 0.389. The van der Waals surface area contributed by atoms with Crippen LogP contribution >= 0.6 is 0 Å². The molecule has 4 rings (SSSR count). The van der Waals surface area contributed by atoms with Crippen molar-refractivity contribution in [3.8, 4) is 0 Å². The van der Waals surface area contributed by atoms with Gasteiger partial charge in [-0.15, -0.1) is 0 Å². The highest BCUT2D eigenvalue weighted by Gasteiger charge is 2.41. The van der Waals surface area contributed by atoms with Crippen LogP contribution in [0.2, 0.25) is 0 Å². The number of alkyl halides is 3. The van der Waals surface area contributed by atoms with Crippen LogP contribution in [-0.4, -0.2) is 33.2 Å². The number of halogens is 3. The average molecular weight is 425 g/mol. The largest absolute Gasteiger partial charge is 0.417 e. The van der Waals surface area contributed by atoms with Gasteiger partial charge in [0.05, 0.1) is 11.1 Å². The smallest absolute Gasteiger partial charge is 0.355 e. The highest BCUT2D eigenvalue weighted by Crippen LogP contribution is 2.42. The van der Waals surface area contributed by atoms with E-state index in [9.17, 15) is 22.2 Å². The molecule has 11 heteroatoms. The second-order valence-electron chi connectivity index (χ2n) is 7.23. The zero-order valence-electron chi connectivity index (χ0n) is 15.1. The van der Waals surface area contributed by atoms with Gasteiger partial charge < -0.3 is 10.2 Å². The molecule has 3 atom stereocenters. The molecule has 0 aromatic carbocycles. The first-order chi connectivity index (χ1) is 13.7. The molecule has 1 saturated carbocycles. The van der Waals surface area contributed by atoms with E-state index in [0.29, 0.717) is 24.9 Å². The van der Waals surface area contributed by atoms with Crippen molar-refractivity contribution in [2.75, 3.05) is 23.3 Å². The standard InChI is InChI=1S/C18H18F3N5O2S/c19-18(20,21)12-5-14(16(24-7-12)26-8-10-1-2-11(10)9-26)17(27)25-13-3-4-23-15(6-13)29(22)28/h3-7,10-11H,1-2,8-9,22H2,(H,23,25,27). The van der Waals surface area contributed by atoms with E-state index in [1.54, 1.807) is 0 Å². The molecular weight excluding hydrogens is 407 g/mol. The fourth-order valence-corrected chi connectivity index (χ4v) is 4.17. The van der Waals surface area contributed by atoms with Crippen molar-refractivity contribution in [2.24, 2.45) is 17.0 Å². The number of hydrogen-bond acceptors (Lipinski definition) is 5. The lowest BCUT2D eigenvalue weighted by Crippen LogP contribution is -2.26. The number of aromatic nitrogens is 2. The van der Waals surface area contributed by atoms with Gasteiger partial charge in [0.25, 0.3) is 5.91 Å². The van der Waals surface area contributed by atoms with Crippen LogP contribution in [0.3, 0.4) is 0 Å². The van der Waals surface area contributed by atoms with Crippen LogP contribution in [0.15, 0.2) is 35.6 Å². The van der Waals surface area contributed by atoms with E-state index in [1.807, 2.05) is 4.90 Å². The Balaban J connectivity index is 1.67. The van der Waals surface area contributed by atoms with E-state index in [4.69, 9.17) is 5.14 Å². The minimum absolute atomic E-state index is 0.0429. The van der Waals surface area contributed by atoms with Gasteiger partial charge in [0.2, 0.25) is 0 Å². The number of fused-ring (bicyclic) bond motifs is 1. The van der Waals surface area contributed by atoms with E-state index < -0.39 is 28.6 Å². The highest BCUT2D eigenvalue weighted by atomic mass is 32.2. The lowest BCUT2D eigenvalue weighted by molar-refractivity contribution is -0.137. The summed E-state index contributed by atoms with van der Waals surface area (Å²) in [5.74, 6) is 0.494. The normalized spacial score (nSPS) is 22.0. The number of anilines is 2. The maximum absolute atomic E-state index is 13.2. The second-order valence-corrected chi connectivity index (χ2v) is 8.24. The molecule has 29 heavy (non-hydrogen) atoms. The number of nitrogens with two attached hydrogens (primary N) is 1. The molecule has 2 aromatic rings. The van der Waals surface area contributed by atoms with Gasteiger partial charge in [-0.3, -0.25) is 4.79 Å². The van der Waals surface area contributed by atoms with Gasteiger partial charge in [-0.25, -0.2) is 19.3 Å². The number of amides is 1. The SMILES string of the molecule is NS(=O)c1cc(NC(=O)c2cc(C(F)(F)F)cnc2N2CC3CCC3C2)ccn1. The van der Waals surface area contributed by atoms with Crippen LogP contribution < -0.4 is 15.4 Å². The first kappa shape index (κ1) is 19.8. The Morgan fingerprint density at radius 2 is 1.90 bits per heavy atom. The summed E-state index contributed by atoms with van der Waals surface area (Å²) >= 11 is 0. The van der Waals surface area contributed by atoms with Crippen molar-refractivity contribution in [3.05, 3.63) is 41.7 Å². The molecule has 1 amide bonds. The lowest BCUT2D eigenvalue weighted by atomic mass is 9.77. The fourth-order valence-electron chi connectivity index (χ4n) is 3.76. The molecule has 0 spiro atoms. The summed E-state index contributed by atoms with van der Waals surface area (Å²) in [5.41, 5.74) is -0.927. The number of carbonyl (C=O) groups is 1. The molecule has 2 aromatic heterocycles. The Hall–Kier alpha value is -2.53. The van der Waals surface area contributed by atoms with Crippen molar-refractivity contribution in [1.29, 1.82) is 0 Å². The van der Waals surface area contributed by atoms with Gasteiger partial charge in [-0.2, -0.15) is 13.2 Å². The number of hydrogen-bond donors (Lipinski definition) is 2. The third kappa shape index (κ3) is 3.97. The van der Waals surface area contributed by atoms with E-state index >= 15 is 0 Å². The first-order valence-corrected chi connectivity index (χ1v) is 10.2. The molecule has 7 nitrogen and oxygen atoms in total. The third-order valence-corrected chi connectivity index (χ3v) is 6.06. The van der Waals surface area contributed by atoms with Crippen molar-refractivity contribution < 1.29 is 22.2 Å². The molecule has 3 heterocycles. The summed E-state index contributed by atoms with van der Waals surface area (Å²) in [4.78, 5) is 22.6. The van der Waals surface area contributed by atoms with Crippen molar-refractivity contribution in [1.82, 2.24) is 9.97 Å². The summed E-state index contributed by atoms with van der Waals surface area (Å²) in [5, 5.41) is 7.86. The summed E-state index contributed by atoms with van der Waals surface area (Å²) in [7, 11) is -1.85. The molecule has 1 saturated heterocycles. The van der Waals surface area contributed by atoms with Gasteiger partial charge in [-0.1, -0.05) is 0 Å². The Labute approximate surface area is 167 Å². The molecule has 2 fully saturated rings. The summed E-state index contributed by atoms with van der Waals surface area (Å²) in [6, 6.07) is 3.57. The van der Waals surface area contributed by atoms with Crippen molar-refractivity contribution in [2.45, 2.75) is 24.0 Å². The highest BCUT2D eigenvalue weighted by molar-refractivity contribution is 7.82. The van der Waals surface area contributed by atoms with Gasteiger partial charge in [0.15, 0.2) is 0 Å². The topological polar surface area (TPSA) is 101 Å². The van der Waals surface area contributed by atoms with E-state index in [2.05, 4.69) is 15.3 Å². The average Bonchev–Trinajstić information content (AvgIpc) is 2.95. The Morgan fingerprint density at radius 1 is 1.21 bits per heavy atom. The Bertz CT molecular complexity index is 972. The van der Waals surface area contributed by atoms with Gasteiger partial charge >= 0.3 is 6.18 Å². The van der Waals surface area contributed by atoms with Crippen LogP contribution in [0.25, 0.3) is 0 Å². The number of carbonyl (C=O) groups excluding carboxylic acids is 1. The quantitative estimate of drug-likeness (QED) is 0.784. The number of nitrogens with one attached hydrogen (secondary N) is 1. The molecule has 1 aliphatic heterocycles. The van der Waals surface area contributed by atoms with Gasteiger partial charge in [0, 0.05) is 31.2 Å². The zero-order valence-corrected chi connectivity index (χ0v) is 16.0. The number of nitrogens with zero attached hydrogens (tertiary/aromatic N) is 3. The zero-order chi connectivity index (χ0) is 20.8. The van der Waals surface area contributed by atoms with Gasteiger partial charge in [0.1, 0.15) is 21.8 Å².